The highest BCUT2D eigenvalue weighted by Crippen LogP contribution is 2.44. The van der Waals surface area contributed by atoms with Crippen molar-refractivity contribution in [3.63, 3.8) is 0 Å². The molecule has 0 unspecified atom stereocenters. The molecule has 0 bridgehead atoms. The topological polar surface area (TPSA) is 16.1 Å². The molecule has 1 aromatic heterocycles. The quantitative estimate of drug-likeness (QED) is 0.514. The first-order chi connectivity index (χ1) is 10.6. The van der Waals surface area contributed by atoms with Crippen molar-refractivity contribution in [1.82, 2.24) is 4.98 Å². The van der Waals surface area contributed by atoms with Gasteiger partial charge in [0.1, 0.15) is 11.0 Å². The average molecular weight is 345 g/mol. The normalized spacial score (nSPS) is 16.6. The monoisotopic (exact) mass is 344 g/mol. The molecule has 0 fully saturated rings. The Morgan fingerprint density at radius 2 is 1.87 bits per heavy atom. The second kappa shape index (κ2) is 5.09. The van der Waals surface area contributed by atoms with Gasteiger partial charge in [0.2, 0.25) is 0 Å². The number of hydrogen-bond donors (Lipinski definition) is 0. The molecule has 7 heteroatoms. The third-order valence-electron chi connectivity index (χ3n) is 3.89. The summed E-state index contributed by atoms with van der Waals surface area (Å²) in [6, 6.07) is 6.29. The summed E-state index contributed by atoms with van der Waals surface area (Å²) >= 11 is 5.93. The number of fused-ring (bicyclic) bond motifs is 1. The lowest BCUT2D eigenvalue weighted by Crippen LogP contribution is -2.25. The minimum absolute atomic E-state index is 0.345. The summed E-state index contributed by atoms with van der Waals surface area (Å²) in [7, 11) is 0. The van der Waals surface area contributed by atoms with Crippen LogP contribution in [0.3, 0.4) is 0 Å². The van der Waals surface area contributed by atoms with Crippen molar-refractivity contribution in [3.8, 4) is 0 Å². The summed E-state index contributed by atoms with van der Waals surface area (Å²) in [5, 5.41) is 0.345. The van der Waals surface area contributed by atoms with Gasteiger partial charge in [-0.1, -0.05) is 25.4 Å². The minimum Gasteiger partial charge on any atom is -0.339 e. The van der Waals surface area contributed by atoms with Gasteiger partial charge in [0, 0.05) is 17.6 Å². The third kappa shape index (κ3) is 2.76. The van der Waals surface area contributed by atoms with Gasteiger partial charge in [-0.15, -0.1) is 0 Å². The molecule has 1 aromatic carbocycles. The largest absolute Gasteiger partial charge is 0.419 e. The number of aromatic nitrogens is 1. The Hall–Kier alpha value is -1.82. The number of halogens is 5. The van der Waals surface area contributed by atoms with Crippen LogP contribution in [0.25, 0.3) is 0 Å². The lowest BCUT2D eigenvalue weighted by molar-refractivity contribution is -0.139. The van der Waals surface area contributed by atoms with Gasteiger partial charge in [0.05, 0.1) is 16.9 Å². The Morgan fingerprint density at radius 1 is 1.17 bits per heavy atom. The van der Waals surface area contributed by atoms with E-state index < -0.39 is 17.6 Å². The van der Waals surface area contributed by atoms with Crippen molar-refractivity contribution < 1.29 is 17.6 Å². The fraction of sp³-hybridized carbons (Fsp3) is 0.312. The van der Waals surface area contributed by atoms with E-state index in [0.717, 1.165) is 23.5 Å². The van der Waals surface area contributed by atoms with Crippen LogP contribution in [0.15, 0.2) is 30.3 Å². The molecule has 0 atom stereocenters. The Bertz CT molecular complexity index is 771. The molecule has 0 amide bonds. The van der Waals surface area contributed by atoms with Crippen LogP contribution in [0.5, 0.6) is 0 Å². The van der Waals surface area contributed by atoms with Crippen LogP contribution in [0.1, 0.15) is 25.1 Å². The van der Waals surface area contributed by atoms with Crippen LogP contribution < -0.4 is 4.90 Å². The van der Waals surface area contributed by atoms with Gasteiger partial charge in [-0.3, -0.25) is 0 Å². The predicted octanol–water partition coefficient (Wildman–Crippen LogP) is 5.32. The summed E-state index contributed by atoms with van der Waals surface area (Å²) < 4.78 is 51.9. The highest BCUT2D eigenvalue weighted by molar-refractivity contribution is 6.29. The van der Waals surface area contributed by atoms with Crippen molar-refractivity contribution in [2.45, 2.75) is 25.4 Å². The third-order valence-corrected chi connectivity index (χ3v) is 4.11. The zero-order chi connectivity index (χ0) is 17.0. The standard InChI is InChI=1S/C16H13ClF4N2/c1-15(2)8-23(12-5-6-13(17)22-14(12)15)9-3-4-10(11(18)7-9)16(19,20)21/h3-7H,8H2,1-2H3. The van der Waals surface area contributed by atoms with Crippen LogP contribution in [-0.4, -0.2) is 11.5 Å². The highest BCUT2D eigenvalue weighted by atomic mass is 35.5. The molecule has 1 aliphatic rings. The summed E-state index contributed by atoms with van der Waals surface area (Å²) in [4.78, 5) is 6.06. The van der Waals surface area contributed by atoms with Gasteiger partial charge in [-0.2, -0.15) is 13.2 Å². The molecule has 0 spiro atoms. The smallest absolute Gasteiger partial charge is 0.339 e. The Balaban J connectivity index is 2.07. The first-order valence-corrected chi connectivity index (χ1v) is 7.29. The Labute approximate surface area is 135 Å². The van der Waals surface area contributed by atoms with E-state index in [2.05, 4.69) is 4.98 Å². The van der Waals surface area contributed by atoms with E-state index in [1.165, 1.54) is 6.07 Å². The fourth-order valence-corrected chi connectivity index (χ4v) is 2.98. The van der Waals surface area contributed by atoms with E-state index in [-0.39, 0.29) is 5.41 Å². The van der Waals surface area contributed by atoms with Crippen LogP contribution in [0.2, 0.25) is 5.15 Å². The summed E-state index contributed by atoms with van der Waals surface area (Å²) in [5.41, 5.74) is 0.198. The van der Waals surface area contributed by atoms with Crippen LogP contribution in [0, 0.1) is 5.82 Å². The fourth-order valence-electron chi connectivity index (χ4n) is 2.83. The Kier molecular flexibility index (Phi) is 3.55. The molecule has 0 N–H and O–H groups in total. The maximum Gasteiger partial charge on any atom is 0.419 e. The van der Waals surface area contributed by atoms with Gasteiger partial charge < -0.3 is 4.90 Å². The molecule has 0 saturated carbocycles. The first kappa shape index (κ1) is 16.1. The van der Waals surface area contributed by atoms with E-state index >= 15 is 0 Å². The number of hydrogen-bond acceptors (Lipinski definition) is 2. The Morgan fingerprint density at radius 3 is 2.48 bits per heavy atom. The lowest BCUT2D eigenvalue weighted by atomic mass is 9.91. The molecule has 23 heavy (non-hydrogen) atoms. The minimum atomic E-state index is -4.71. The maximum absolute atomic E-state index is 13.8. The number of benzene rings is 1. The van der Waals surface area contributed by atoms with Crippen LogP contribution in [-0.2, 0) is 11.6 Å². The SMILES string of the molecule is CC1(C)CN(c2ccc(C(F)(F)F)c(F)c2)c2ccc(Cl)nc21. The van der Waals surface area contributed by atoms with Crippen LogP contribution >= 0.6 is 11.6 Å². The van der Waals surface area contributed by atoms with Crippen molar-refractivity contribution in [2.75, 3.05) is 11.4 Å². The molecular weight excluding hydrogens is 332 g/mol. The van der Waals surface area contributed by atoms with Crippen molar-refractivity contribution in [3.05, 3.63) is 52.6 Å². The number of alkyl halides is 3. The van der Waals surface area contributed by atoms with Gasteiger partial charge in [0.15, 0.2) is 0 Å². The number of nitrogens with zero attached hydrogens (tertiary/aromatic N) is 2. The first-order valence-electron chi connectivity index (χ1n) is 6.91. The van der Waals surface area contributed by atoms with Gasteiger partial charge >= 0.3 is 6.18 Å². The van der Waals surface area contributed by atoms with Crippen molar-refractivity contribution in [1.29, 1.82) is 0 Å². The molecule has 1 aliphatic heterocycles. The molecule has 2 aromatic rings. The number of pyridine rings is 1. The predicted molar refractivity (Wildman–Crippen MR) is 80.7 cm³/mol. The van der Waals surface area contributed by atoms with E-state index in [4.69, 9.17) is 11.6 Å². The average Bonchev–Trinajstić information content (AvgIpc) is 2.69. The van der Waals surface area contributed by atoms with E-state index in [9.17, 15) is 17.6 Å². The molecule has 122 valence electrons. The molecule has 3 rings (SSSR count). The van der Waals surface area contributed by atoms with E-state index in [0.29, 0.717) is 17.4 Å². The summed E-state index contributed by atoms with van der Waals surface area (Å²) in [6.45, 7) is 4.38. The molecule has 0 aliphatic carbocycles. The second-order valence-electron chi connectivity index (χ2n) is 6.13. The molecule has 0 radical (unpaired) electrons. The van der Waals surface area contributed by atoms with Gasteiger partial charge in [-0.05, 0) is 30.3 Å². The van der Waals surface area contributed by atoms with Crippen molar-refractivity contribution in [2.24, 2.45) is 0 Å². The van der Waals surface area contributed by atoms with E-state index in [1.54, 1.807) is 17.0 Å². The number of rotatable bonds is 1. The maximum atomic E-state index is 13.8. The number of anilines is 2. The van der Waals surface area contributed by atoms with E-state index in [1.807, 2.05) is 13.8 Å². The molecule has 2 nitrogen and oxygen atoms in total. The second-order valence-corrected chi connectivity index (χ2v) is 6.52. The zero-order valence-electron chi connectivity index (χ0n) is 12.4. The van der Waals surface area contributed by atoms with Gasteiger partial charge in [0.25, 0.3) is 0 Å². The molecular formula is C16H13ClF4N2. The van der Waals surface area contributed by atoms with Gasteiger partial charge in [-0.25, -0.2) is 9.37 Å². The van der Waals surface area contributed by atoms with Crippen molar-refractivity contribution >= 4 is 23.0 Å². The molecule has 2 heterocycles. The summed E-state index contributed by atoms with van der Waals surface area (Å²) in [6.07, 6.45) is -4.71. The summed E-state index contributed by atoms with van der Waals surface area (Å²) in [5.74, 6) is -1.29. The van der Waals surface area contributed by atoms with Crippen LogP contribution in [0.4, 0.5) is 28.9 Å². The molecule has 0 saturated heterocycles. The highest BCUT2D eigenvalue weighted by Gasteiger charge is 2.39. The zero-order valence-corrected chi connectivity index (χ0v) is 13.1. The lowest BCUT2D eigenvalue weighted by Gasteiger charge is -2.22.